The van der Waals surface area contributed by atoms with Gasteiger partial charge in [-0.1, -0.05) is 84.0 Å². The molecule has 0 unspecified atom stereocenters. The summed E-state index contributed by atoms with van der Waals surface area (Å²) in [6.07, 6.45) is 20.7. The predicted molar refractivity (Wildman–Crippen MR) is 109 cm³/mol. The van der Waals surface area contributed by atoms with Gasteiger partial charge in [0.1, 0.15) is 0 Å². The molecule has 3 nitrogen and oxygen atoms in total. The van der Waals surface area contributed by atoms with Crippen molar-refractivity contribution in [3.63, 3.8) is 0 Å². The van der Waals surface area contributed by atoms with E-state index in [1.165, 1.54) is 96.4 Å². The molecule has 0 bridgehead atoms. The van der Waals surface area contributed by atoms with E-state index in [1.807, 2.05) is 0 Å². The molecule has 0 fully saturated rings. The van der Waals surface area contributed by atoms with Crippen LogP contribution < -0.4 is 17.0 Å². The van der Waals surface area contributed by atoms with Gasteiger partial charge in [-0.15, -0.1) is 0 Å². The van der Waals surface area contributed by atoms with E-state index >= 15 is 0 Å². The first-order chi connectivity index (χ1) is 12.0. The van der Waals surface area contributed by atoms with E-state index in [9.17, 15) is 4.79 Å². The largest absolute Gasteiger partial charge is 1.00 e. The minimum atomic E-state index is -0.670. The molecule has 158 valence electrons. The number of unbranched alkanes of at least 4 members (excludes halogenated alkanes) is 13. The molecule has 0 atom stereocenters. The maximum Gasteiger partial charge on any atom is 0.303 e. The van der Waals surface area contributed by atoms with Crippen molar-refractivity contribution in [2.24, 2.45) is 0 Å². The highest BCUT2D eigenvalue weighted by Gasteiger charge is 2.14. The highest BCUT2D eigenvalue weighted by atomic mass is 79.9. The van der Waals surface area contributed by atoms with Crippen molar-refractivity contribution >= 4 is 5.97 Å². The third-order valence-electron chi connectivity index (χ3n) is 5.27. The molecule has 4 heteroatoms. The second-order valence-electron chi connectivity index (χ2n) is 8.48. The van der Waals surface area contributed by atoms with Crippen LogP contribution in [0, 0.1) is 0 Å². The molecule has 0 radical (unpaired) electrons. The first-order valence-electron chi connectivity index (χ1n) is 11.0. The van der Waals surface area contributed by atoms with Gasteiger partial charge in [-0.05, 0) is 12.8 Å². The Bertz CT molecular complexity index is 309. The minimum Gasteiger partial charge on any atom is -1.00 e. The van der Waals surface area contributed by atoms with Crippen LogP contribution in [0.25, 0.3) is 0 Å². The Morgan fingerprint density at radius 1 is 0.654 bits per heavy atom. The second-order valence-corrected chi connectivity index (χ2v) is 8.48. The van der Waals surface area contributed by atoms with Gasteiger partial charge >= 0.3 is 5.97 Å². The van der Waals surface area contributed by atoms with E-state index in [2.05, 4.69) is 21.0 Å². The molecule has 0 aromatic rings. The topological polar surface area (TPSA) is 37.3 Å². The number of carboxylic acids is 1. The fourth-order valence-corrected chi connectivity index (χ4v) is 3.50. The Labute approximate surface area is 174 Å². The number of rotatable bonds is 19. The van der Waals surface area contributed by atoms with E-state index in [1.54, 1.807) is 0 Å². The molecule has 0 saturated heterocycles. The van der Waals surface area contributed by atoms with Crippen LogP contribution >= 0.6 is 0 Å². The molecule has 0 amide bonds. The molecule has 0 aliphatic carbocycles. The van der Waals surface area contributed by atoms with E-state index in [0.29, 0.717) is 6.42 Å². The summed E-state index contributed by atoms with van der Waals surface area (Å²) >= 11 is 0. The normalized spacial score (nSPS) is 11.3. The van der Waals surface area contributed by atoms with E-state index in [0.717, 1.165) is 17.4 Å². The van der Waals surface area contributed by atoms with Gasteiger partial charge in [0, 0.05) is 6.42 Å². The summed E-state index contributed by atoms with van der Waals surface area (Å²) in [5.41, 5.74) is 0. The number of halogens is 1. The third-order valence-corrected chi connectivity index (χ3v) is 5.27. The molecule has 0 aromatic carbocycles. The molecule has 0 rings (SSSR count). The first kappa shape index (κ1) is 28.1. The lowest BCUT2D eigenvalue weighted by atomic mass is 10.0. The van der Waals surface area contributed by atoms with Crippen LogP contribution in [0.2, 0.25) is 0 Å². The Morgan fingerprint density at radius 2 is 1.00 bits per heavy atom. The van der Waals surface area contributed by atoms with Crippen molar-refractivity contribution < 1.29 is 31.4 Å². The number of quaternary nitrogens is 1. The van der Waals surface area contributed by atoms with Crippen molar-refractivity contribution in [2.45, 2.75) is 110 Å². The molecule has 1 N–H and O–H groups in total. The van der Waals surface area contributed by atoms with Crippen LogP contribution in [-0.2, 0) is 4.79 Å². The lowest BCUT2D eigenvalue weighted by Gasteiger charge is -2.29. The zero-order chi connectivity index (χ0) is 18.8. The number of nitrogens with zero attached hydrogens (tertiary/aromatic N) is 1. The summed E-state index contributed by atoms with van der Waals surface area (Å²) in [7, 11) is 4.45. The van der Waals surface area contributed by atoms with Gasteiger partial charge in [0.15, 0.2) is 0 Å². The first-order valence-corrected chi connectivity index (χ1v) is 11.0. The Kier molecular flexibility index (Phi) is 21.3. The molecular weight excluding hydrogens is 390 g/mol. The highest BCUT2D eigenvalue weighted by molar-refractivity contribution is 5.66. The standard InChI is InChI=1S/C22H45NO2.BrH/c1-4-5-6-7-8-9-10-11-12-13-14-15-16-17-20-23(2,3)21-18-19-22(24)25;/h4-21H2,1-3H3;1H. The Balaban J connectivity index is 0. The maximum absolute atomic E-state index is 10.6. The zero-order valence-corrected chi connectivity index (χ0v) is 19.5. The van der Waals surface area contributed by atoms with Crippen molar-refractivity contribution in [2.75, 3.05) is 27.2 Å². The fourth-order valence-electron chi connectivity index (χ4n) is 3.50. The second kappa shape index (κ2) is 19.7. The zero-order valence-electron chi connectivity index (χ0n) is 17.9. The molecule has 0 aliphatic heterocycles. The highest BCUT2D eigenvalue weighted by Crippen LogP contribution is 2.13. The van der Waals surface area contributed by atoms with Crippen LogP contribution in [-0.4, -0.2) is 42.7 Å². The van der Waals surface area contributed by atoms with Crippen LogP contribution in [0.4, 0.5) is 0 Å². The van der Waals surface area contributed by atoms with Crippen LogP contribution in [0.5, 0.6) is 0 Å². The number of hydrogen-bond acceptors (Lipinski definition) is 1. The summed E-state index contributed by atoms with van der Waals surface area (Å²) in [5, 5.41) is 8.71. The molecule has 0 saturated carbocycles. The van der Waals surface area contributed by atoms with Crippen LogP contribution in [0.3, 0.4) is 0 Å². The molecule has 0 spiro atoms. The molecular formula is C22H46BrNO2. The van der Waals surface area contributed by atoms with Gasteiger partial charge in [-0.25, -0.2) is 0 Å². The summed E-state index contributed by atoms with van der Waals surface area (Å²) in [5.74, 6) is -0.670. The SMILES string of the molecule is CCCCCCCCCCCCCCCC[N+](C)(C)CCCC(=O)O.[Br-]. The summed E-state index contributed by atoms with van der Waals surface area (Å²) in [6, 6.07) is 0. The van der Waals surface area contributed by atoms with Gasteiger partial charge in [-0.3, -0.25) is 4.79 Å². The van der Waals surface area contributed by atoms with Crippen LogP contribution in [0.15, 0.2) is 0 Å². The average Bonchev–Trinajstić information content (AvgIpc) is 2.54. The van der Waals surface area contributed by atoms with Crippen molar-refractivity contribution in [1.82, 2.24) is 0 Å². The van der Waals surface area contributed by atoms with Crippen molar-refractivity contribution in [3.8, 4) is 0 Å². The third kappa shape index (κ3) is 22.0. The van der Waals surface area contributed by atoms with Crippen molar-refractivity contribution in [1.29, 1.82) is 0 Å². The van der Waals surface area contributed by atoms with Gasteiger partial charge in [0.05, 0.1) is 33.6 Å². The number of carboxylic acid groups (broad SMARTS) is 1. The molecule has 0 heterocycles. The molecule has 26 heavy (non-hydrogen) atoms. The predicted octanol–water partition coefficient (Wildman–Crippen LogP) is 3.41. The smallest absolute Gasteiger partial charge is 0.303 e. The van der Waals surface area contributed by atoms with E-state index < -0.39 is 5.97 Å². The number of aliphatic carboxylic acids is 1. The van der Waals surface area contributed by atoms with Gasteiger partial charge in [-0.2, -0.15) is 0 Å². The average molecular weight is 437 g/mol. The van der Waals surface area contributed by atoms with E-state index in [4.69, 9.17) is 5.11 Å². The van der Waals surface area contributed by atoms with E-state index in [-0.39, 0.29) is 17.0 Å². The van der Waals surface area contributed by atoms with Crippen molar-refractivity contribution in [3.05, 3.63) is 0 Å². The molecule has 0 aliphatic rings. The molecule has 0 aromatic heterocycles. The number of hydrogen-bond donors (Lipinski definition) is 1. The summed E-state index contributed by atoms with van der Waals surface area (Å²) in [6.45, 7) is 4.44. The van der Waals surface area contributed by atoms with Gasteiger partial charge < -0.3 is 26.6 Å². The summed E-state index contributed by atoms with van der Waals surface area (Å²) in [4.78, 5) is 10.6. The Hall–Kier alpha value is -0.0900. The Morgan fingerprint density at radius 3 is 1.38 bits per heavy atom. The maximum atomic E-state index is 10.6. The fraction of sp³-hybridized carbons (Fsp3) is 0.955. The lowest BCUT2D eigenvalue weighted by molar-refractivity contribution is -0.890. The minimum absolute atomic E-state index is 0. The van der Waals surface area contributed by atoms with Gasteiger partial charge in [0.25, 0.3) is 0 Å². The summed E-state index contributed by atoms with van der Waals surface area (Å²) < 4.78 is 0.964. The lowest BCUT2D eigenvalue weighted by Crippen LogP contribution is -3.00. The quantitative estimate of drug-likeness (QED) is 0.249. The van der Waals surface area contributed by atoms with Crippen LogP contribution in [0.1, 0.15) is 110 Å². The number of carbonyl (C=O) groups is 1. The monoisotopic (exact) mass is 435 g/mol. The van der Waals surface area contributed by atoms with Gasteiger partial charge in [0.2, 0.25) is 0 Å².